The van der Waals surface area contributed by atoms with Crippen LogP contribution in [0.15, 0.2) is 24.5 Å². The number of nitrogens with zero attached hydrogens (tertiary/aromatic N) is 1. The minimum atomic E-state index is -0.441. The van der Waals surface area contributed by atoms with E-state index in [1.807, 2.05) is 45.3 Å². The van der Waals surface area contributed by atoms with E-state index in [1.165, 1.54) is 0 Å². The number of esters is 1. The fraction of sp³-hybridized carbons (Fsp3) is 0.545. The summed E-state index contributed by atoms with van der Waals surface area (Å²) in [6.45, 7) is 7.34. The molecule has 0 aromatic carbocycles. The van der Waals surface area contributed by atoms with E-state index in [0.29, 0.717) is 0 Å². The van der Waals surface area contributed by atoms with Crippen LogP contribution in [0.4, 0.5) is 0 Å². The van der Waals surface area contributed by atoms with Crippen LogP contribution >= 0.6 is 0 Å². The molecule has 1 aromatic rings. The maximum Gasteiger partial charge on any atom is 0.330 e. The van der Waals surface area contributed by atoms with Gasteiger partial charge in [0.15, 0.2) is 0 Å². The molecule has 0 amide bonds. The summed E-state index contributed by atoms with van der Waals surface area (Å²) in [6.07, 6.45) is 3.67. The molecule has 1 rings (SSSR count). The van der Waals surface area contributed by atoms with Gasteiger partial charge in [-0.1, -0.05) is 0 Å². The van der Waals surface area contributed by atoms with E-state index in [9.17, 15) is 4.79 Å². The second-order valence-electron chi connectivity index (χ2n) is 4.47. The van der Waals surface area contributed by atoms with Gasteiger partial charge in [0.05, 0.1) is 0 Å². The second kappa shape index (κ2) is 4.38. The first-order valence-corrected chi connectivity index (χ1v) is 5.01. The Labute approximate surface area is 90.2 Å². The number of ether oxygens (including phenoxy) is 1. The van der Waals surface area contributed by atoms with E-state index in [2.05, 4.69) is 5.43 Å². The lowest BCUT2D eigenvalue weighted by Crippen LogP contribution is -2.37. The lowest BCUT2D eigenvalue weighted by molar-refractivity contribution is -0.155. The van der Waals surface area contributed by atoms with Crippen molar-refractivity contribution in [3.8, 4) is 0 Å². The van der Waals surface area contributed by atoms with Crippen molar-refractivity contribution in [2.75, 3.05) is 5.43 Å². The van der Waals surface area contributed by atoms with E-state index >= 15 is 0 Å². The molecule has 84 valence electrons. The van der Waals surface area contributed by atoms with Crippen molar-refractivity contribution in [1.29, 1.82) is 0 Å². The number of hydrogen-bond donors (Lipinski definition) is 1. The highest BCUT2D eigenvalue weighted by Crippen LogP contribution is 2.08. The fourth-order valence-corrected chi connectivity index (χ4v) is 1.09. The summed E-state index contributed by atoms with van der Waals surface area (Å²) in [5.74, 6) is -0.254. The zero-order chi connectivity index (χ0) is 11.5. The molecule has 0 fully saturated rings. The Balaban J connectivity index is 2.47. The second-order valence-corrected chi connectivity index (χ2v) is 4.47. The number of nitrogens with one attached hydrogen (secondary N) is 1. The molecular weight excluding hydrogens is 192 g/mol. The van der Waals surface area contributed by atoms with Gasteiger partial charge in [0.2, 0.25) is 0 Å². The van der Waals surface area contributed by atoms with Crippen molar-refractivity contribution in [1.82, 2.24) is 4.68 Å². The quantitative estimate of drug-likeness (QED) is 0.773. The van der Waals surface area contributed by atoms with Crippen LogP contribution in [0.5, 0.6) is 0 Å². The molecule has 1 aromatic heterocycles. The molecular formula is C11H18N2O2. The van der Waals surface area contributed by atoms with Gasteiger partial charge in [-0.2, -0.15) is 0 Å². The molecule has 0 aliphatic rings. The van der Waals surface area contributed by atoms with Crippen LogP contribution in [-0.2, 0) is 9.53 Å². The van der Waals surface area contributed by atoms with Crippen LogP contribution in [0.3, 0.4) is 0 Å². The van der Waals surface area contributed by atoms with Gasteiger partial charge in [-0.15, -0.1) is 0 Å². The molecule has 4 nitrogen and oxygen atoms in total. The van der Waals surface area contributed by atoms with Crippen molar-refractivity contribution < 1.29 is 9.53 Å². The van der Waals surface area contributed by atoms with Crippen molar-refractivity contribution in [2.24, 2.45) is 0 Å². The highest BCUT2D eigenvalue weighted by atomic mass is 16.6. The molecule has 1 atom stereocenters. The van der Waals surface area contributed by atoms with E-state index in [1.54, 1.807) is 11.6 Å². The topological polar surface area (TPSA) is 43.3 Å². The lowest BCUT2D eigenvalue weighted by atomic mass is 10.2. The molecule has 0 aliphatic heterocycles. The summed E-state index contributed by atoms with van der Waals surface area (Å²) in [6, 6.07) is 3.40. The minimum Gasteiger partial charge on any atom is -0.458 e. The van der Waals surface area contributed by atoms with Gasteiger partial charge in [-0.05, 0) is 39.8 Å². The molecule has 0 aliphatic carbocycles. The molecule has 0 saturated carbocycles. The fourth-order valence-electron chi connectivity index (χ4n) is 1.09. The standard InChI is InChI=1S/C11H18N2O2/c1-9(10(14)15-11(2,3)4)12-13-7-5-6-8-13/h5-9,12H,1-4H3. The van der Waals surface area contributed by atoms with Crippen molar-refractivity contribution in [3.05, 3.63) is 24.5 Å². The Morgan fingerprint density at radius 1 is 1.33 bits per heavy atom. The first-order chi connectivity index (χ1) is 6.88. The number of carbonyl (C=O) groups excluding carboxylic acids is 1. The third kappa shape index (κ3) is 4.06. The molecule has 0 radical (unpaired) electrons. The maximum atomic E-state index is 11.6. The van der Waals surface area contributed by atoms with E-state index < -0.39 is 5.60 Å². The summed E-state index contributed by atoms with van der Waals surface area (Å²) >= 11 is 0. The van der Waals surface area contributed by atoms with Crippen molar-refractivity contribution >= 4 is 5.97 Å². The van der Waals surface area contributed by atoms with E-state index in [4.69, 9.17) is 4.74 Å². The highest BCUT2D eigenvalue weighted by Gasteiger charge is 2.21. The number of hydrogen-bond acceptors (Lipinski definition) is 3. The predicted molar refractivity (Wildman–Crippen MR) is 59.1 cm³/mol. The molecule has 0 spiro atoms. The predicted octanol–water partition coefficient (Wildman–Crippen LogP) is 1.76. The van der Waals surface area contributed by atoms with Crippen molar-refractivity contribution in [3.63, 3.8) is 0 Å². The molecule has 1 heterocycles. The van der Waals surface area contributed by atoms with Crippen LogP contribution < -0.4 is 5.43 Å². The lowest BCUT2D eigenvalue weighted by Gasteiger charge is -2.23. The Hall–Kier alpha value is -1.45. The third-order valence-corrected chi connectivity index (χ3v) is 1.71. The van der Waals surface area contributed by atoms with Crippen LogP contribution in [0, 0.1) is 0 Å². The number of rotatable bonds is 3. The molecule has 0 bridgehead atoms. The summed E-state index contributed by atoms with van der Waals surface area (Å²) in [5.41, 5.74) is 2.55. The largest absolute Gasteiger partial charge is 0.458 e. The zero-order valence-electron chi connectivity index (χ0n) is 9.65. The van der Waals surface area contributed by atoms with Crippen LogP contribution in [0.2, 0.25) is 0 Å². The summed E-state index contributed by atoms with van der Waals surface area (Å²) < 4.78 is 6.96. The summed E-state index contributed by atoms with van der Waals surface area (Å²) in [5, 5.41) is 0. The van der Waals surface area contributed by atoms with E-state index in [0.717, 1.165) is 0 Å². The normalized spacial score (nSPS) is 13.3. The van der Waals surface area contributed by atoms with Gasteiger partial charge in [0.1, 0.15) is 11.6 Å². The number of carbonyl (C=O) groups is 1. The van der Waals surface area contributed by atoms with Gasteiger partial charge in [-0.25, -0.2) is 4.79 Å². The van der Waals surface area contributed by atoms with Gasteiger partial charge < -0.3 is 10.2 Å². The average molecular weight is 210 g/mol. The third-order valence-electron chi connectivity index (χ3n) is 1.71. The smallest absolute Gasteiger partial charge is 0.330 e. The first kappa shape index (κ1) is 11.6. The summed E-state index contributed by atoms with van der Waals surface area (Å²) in [7, 11) is 0. The van der Waals surface area contributed by atoms with Gasteiger partial charge in [0, 0.05) is 12.4 Å². The molecule has 0 saturated heterocycles. The Morgan fingerprint density at radius 3 is 2.33 bits per heavy atom. The Morgan fingerprint density at radius 2 is 1.87 bits per heavy atom. The SMILES string of the molecule is CC(Nn1cccc1)C(=O)OC(C)(C)C. The monoisotopic (exact) mass is 210 g/mol. The number of aromatic nitrogens is 1. The first-order valence-electron chi connectivity index (χ1n) is 5.01. The molecule has 1 unspecified atom stereocenters. The molecule has 1 N–H and O–H groups in total. The van der Waals surface area contributed by atoms with Crippen molar-refractivity contribution in [2.45, 2.75) is 39.3 Å². The van der Waals surface area contributed by atoms with Gasteiger partial charge in [-0.3, -0.25) is 4.68 Å². The molecule has 4 heteroatoms. The minimum absolute atomic E-state index is 0.254. The van der Waals surface area contributed by atoms with Crippen LogP contribution in [-0.4, -0.2) is 22.3 Å². The Bertz CT molecular complexity index is 312. The maximum absolute atomic E-state index is 11.6. The zero-order valence-corrected chi connectivity index (χ0v) is 9.65. The van der Waals surface area contributed by atoms with Crippen LogP contribution in [0.1, 0.15) is 27.7 Å². The average Bonchev–Trinajstić information content (AvgIpc) is 2.53. The van der Waals surface area contributed by atoms with Gasteiger partial charge >= 0.3 is 5.97 Å². The van der Waals surface area contributed by atoms with Gasteiger partial charge in [0.25, 0.3) is 0 Å². The van der Waals surface area contributed by atoms with E-state index in [-0.39, 0.29) is 12.0 Å². The van der Waals surface area contributed by atoms with Crippen LogP contribution in [0.25, 0.3) is 0 Å². The Kier molecular flexibility index (Phi) is 3.39. The molecule has 15 heavy (non-hydrogen) atoms. The highest BCUT2D eigenvalue weighted by molar-refractivity contribution is 5.77. The summed E-state index contributed by atoms with van der Waals surface area (Å²) in [4.78, 5) is 11.6.